The van der Waals surface area contributed by atoms with E-state index in [4.69, 9.17) is 13.9 Å². The van der Waals surface area contributed by atoms with Gasteiger partial charge in [0, 0.05) is 17.5 Å². The molecule has 0 N–H and O–H groups in total. The fourth-order valence-electron chi connectivity index (χ4n) is 5.37. The minimum Gasteiger partial charge on any atom is -0.445 e. The van der Waals surface area contributed by atoms with Crippen molar-refractivity contribution in [1.82, 2.24) is 19.7 Å². The Hall–Kier alpha value is -4.92. The van der Waals surface area contributed by atoms with Crippen LogP contribution >= 0.6 is 0 Å². The maximum atomic E-state index is 13.3. The summed E-state index contributed by atoms with van der Waals surface area (Å²) in [6.07, 6.45) is 0.708. The van der Waals surface area contributed by atoms with E-state index in [1.807, 2.05) is 100 Å². The molecular formula is C34H34N4O5. The molecule has 5 aromatic rings. The highest BCUT2D eigenvalue weighted by molar-refractivity contribution is 5.96. The summed E-state index contributed by atoms with van der Waals surface area (Å²) >= 11 is 0. The van der Waals surface area contributed by atoms with Crippen molar-refractivity contribution in [1.29, 1.82) is 0 Å². The van der Waals surface area contributed by atoms with E-state index in [9.17, 15) is 9.59 Å². The molecule has 3 heterocycles. The Kier molecular flexibility index (Phi) is 7.48. The van der Waals surface area contributed by atoms with Gasteiger partial charge in [-0.1, -0.05) is 54.1 Å². The predicted molar refractivity (Wildman–Crippen MR) is 162 cm³/mol. The Morgan fingerprint density at radius 3 is 2.42 bits per heavy atom. The minimum absolute atomic E-state index is 0.205. The molecule has 6 rings (SSSR count). The molecule has 0 aliphatic carbocycles. The summed E-state index contributed by atoms with van der Waals surface area (Å²) in [5.74, 6) is 0.739. The summed E-state index contributed by atoms with van der Waals surface area (Å²) in [5, 5.41) is 9.51. The summed E-state index contributed by atoms with van der Waals surface area (Å²) in [6.45, 7) is 8.35. The molecule has 1 aliphatic rings. The molecule has 1 atom stereocenters. The second kappa shape index (κ2) is 11.4. The molecule has 9 heteroatoms. The molecule has 0 bridgehead atoms. The van der Waals surface area contributed by atoms with Crippen molar-refractivity contribution in [3.05, 3.63) is 95.9 Å². The number of amides is 1. The highest BCUT2D eigenvalue weighted by Gasteiger charge is 2.35. The van der Waals surface area contributed by atoms with Crippen molar-refractivity contribution >= 4 is 23.1 Å². The number of carbonyl (C=O) groups is 2. The Balaban J connectivity index is 1.22. The van der Waals surface area contributed by atoms with Crippen LogP contribution in [0.1, 0.15) is 56.7 Å². The quantitative estimate of drug-likeness (QED) is 0.209. The predicted octanol–water partition coefficient (Wildman–Crippen LogP) is 7.92. The van der Waals surface area contributed by atoms with E-state index in [0.29, 0.717) is 18.3 Å². The first-order valence-electron chi connectivity index (χ1n) is 14.4. The van der Waals surface area contributed by atoms with Gasteiger partial charge in [0.1, 0.15) is 18.2 Å². The number of aromatic nitrogens is 3. The number of fused-ring (bicyclic) bond motifs is 1. The van der Waals surface area contributed by atoms with E-state index in [1.165, 1.54) is 0 Å². The number of nitrogens with zero attached hydrogens (tertiary/aromatic N) is 4. The largest absolute Gasteiger partial charge is 0.445 e. The van der Waals surface area contributed by atoms with E-state index in [0.717, 1.165) is 51.7 Å². The first-order chi connectivity index (χ1) is 20.7. The lowest BCUT2D eigenvalue weighted by Gasteiger charge is -2.21. The SMILES string of the molecule is Cc1ccc2c(c1)cc(-c1ccc(-c3nnc(C4CCCN4C(=O)OCc4ccccc4)o3)cc1)n2C(=O)OC(C)(C)C. The van der Waals surface area contributed by atoms with Crippen LogP contribution in [0.15, 0.2) is 83.3 Å². The monoisotopic (exact) mass is 578 g/mol. The summed E-state index contributed by atoms with van der Waals surface area (Å²) in [4.78, 5) is 27.8. The number of likely N-dealkylation sites (tertiary alicyclic amines) is 1. The van der Waals surface area contributed by atoms with Gasteiger partial charge in [0.05, 0.1) is 11.2 Å². The van der Waals surface area contributed by atoms with Crippen LogP contribution < -0.4 is 0 Å². The van der Waals surface area contributed by atoms with Gasteiger partial charge in [0.25, 0.3) is 0 Å². The molecule has 1 aliphatic heterocycles. The zero-order valence-corrected chi connectivity index (χ0v) is 24.7. The molecule has 3 aromatic carbocycles. The van der Waals surface area contributed by atoms with E-state index in [2.05, 4.69) is 16.3 Å². The fourth-order valence-corrected chi connectivity index (χ4v) is 5.37. The standard InChI is InChI=1S/C34H34N4O5/c1-22-12-17-27-26(19-22)20-29(38(27)33(40)43-34(2,3)4)24-13-15-25(16-14-24)30-35-36-31(42-30)28-11-8-18-37(28)32(39)41-21-23-9-6-5-7-10-23/h5-7,9-10,12-17,19-20,28H,8,11,18,21H2,1-4H3. The number of aryl methyl sites for hydroxylation is 1. The van der Waals surface area contributed by atoms with Gasteiger partial charge in [-0.15, -0.1) is 10.2 Å². The average Bonchev–Trinajstić information content (AvgIpc) is 3.74. The molecule has 0 radical (unpaired) electrons. The Morgan fingerprint density at radius 1 is 0.930 bits per heavy atom. The van der Waals surface area contributed by atoms with Gasteiger partial charge in [-0.25, -0.2) is 14.2 Å². The highest BCUT2D eigenvalue weighted by Crippen LogP contribution is 2.35. The van der Waals surface area contributed by atoms with Crippen LogP contribution in [0, 0.1) is 6.92 Å². The number of hydrogen-bond donors (Lipinski definition) is 0. The van der Waals surface area contributed by atoms with Crippen LogP contribution in [0.4, 0.5) is 9.59 Å². The van der Waals surface area contributed by atoms with Crippen LogP contribution in [0.3, 0.4) is 0 Å². The van der Waals surface area contributed by atoms with Gasteiger partial charge in [-0.2, -0.15) is 0 Å². The molecular weight excluding hydrogens is 544 g/mol. The third-order valence-corrected chi connectivity index (χ3v) is 7.38. The minimum atomic E-state index is -0.636. The van der Waals surface area contributed by atoms with Gasteiger partial charge in [0.15, 0.2) is 0 Å². The molecule has 220 valence electrons. The van der Waals surface area contributed by atoms with Crippen molar-refractivity contribution in [2.24, 2.45) is 0 Å². The summed E-state index contributed by atoms with van der Waals surface area (Å²) in [7, 11) is 0. The molecule has 0 saturated carbocycles. The highest BCUT2D eigenvalue weighted by atomic mass is 16.6. The molecule has 2 aromatic heterocycles. The molecule has 9 nitrogen and oxygen atoms in total. The molecule has 0 spiro atoms. The number of ether oxygens (including phenoxy) is 2. The van der Waals surface area contributed by atoms with Crippen LogP contribution in [0.2, 0.25) is 0 Å². The average molecular weight is 579 g/mol. The number of rotatable bonds is 5. The lowest BCUT2D eigenvalue weighted by Crippen LogP contribution is -2.31. The maximum Gasteiger partial charge on any atom is 0.419 e. The second-order valence-corrected chi connectivity index (χ2v) is 11.8. The zero-order chi connectivity index (χ0) is 30.1. The van der Waals surface area contributed by atoms with Crippen molar-refractivity contribution in [2.45, 2.75) is 58.8 Å². The van der Waals surface area contributed by atoms with Gasteiger partial charge < -0.3 is 13.9 Å². The van der Waals surface area contributed by atoms with Crippen molar-refractivity contribution < 1.29 is 23.5 Å². The van der Waals surface area contributed by atoms with Crippen LogP contribution in [0.25, 0.3) is 33.6 Å². The Labute approximate surface area is 250 Å². The summed E-state index contributed by atoms with van der Waals surface area (Å²) in [5.41, 5.74) is 4.47. The van der Waals surface area contributed by atoms with Crippen molar-refractivity contribution in [2.75, 3.05) is 6.54 Å². The maximum absolute atomic E-state index is 13.3. The lowest BCUT2D eigenvalue weighted by molar-refractivity contribution is 0.0547. The zero-order valence-electron chi connectivity index (χ0n) is 24.7. The molecule has 43 heavy (non-hydrogen) atoms. The summed E-state index contributed by atoms with van der Waals surface area (Å²) in [6, 6.07) is 24.8. The van der Waals surface area contributed by atoms with Gasteiger partial charge in [0.2, 0.25) is 11.8 Å². The van der Waals surface area contributed by atoms with Gasteiger partial charge >= 0.3 is 12.2 Å². The summed E-state index contributed by atoms with van der Waals surface area (Å²) < 4.78 is 19.0. The van der Waals surface area contributed by atoms with Crippen molar-refractivity contribution in [3.63, 3.8) is 0 Å². The molecule has 1 fully saturated rings. The van der Waals surface area contributed by atoms with E-state index < -0.39 is 17.8 Å². The number of hydrogen-bond acceptors (Lipinski definition) is 7. The fraction of sp³-hybridized carbons (Fsp3) is 0.294. The number of benzene rings is 3. The van der Waals surface area contributed by atoms with E-state index >= 15 is 0 Å². The first kappa shape index (κ1) is 28.2. The van der Waals surface area contributed by atoms with Gasteiger partial charge in [-0.3, -0.25) is 4.90 Å². The molecule has 1 saturated heterocycles. The van der Waals surface area contributed by atoms with Crippen LogP contribution in [-0.2, 0) is 16.1 Å². The normalized spacial score (nSPS) is 15.2. The number of carbonyl (C=O) groups excluding carboxylic acids is 2. The Bertz CT molecular complexity index is 1770. The first-order valence-corrected chi connectivity index (χ1v) is 14.4. The third kappa shape index (κ3) is 6.02. The van der Waals surface area contributed by atoms with Crippen molar-refractivity contribution in [3.8, 4) is 22.7 Å². The topological polar surface area (TPSA) is 99.7 Å². The van der Waals surface area contributed by atoms with Crippen LogP contribution in [0.5, 0.6) is 0 Å². The Morgan fingerprint density at radius 2 is 1.67 bits per heavy atom. The molecule has 1 unspecified atom stereocenters. The van der Waals surface area contributed by atoms with E-state index in [-0.39, 0.29) is 12.6 Å². The second-order valence-electron chi connectivity index (χ2n) is 11.8. The lowest BCUT2D eigenvalue weighted by atomic mass is 10.1. The van der Waals surface area contributed by atoms with E-state index in [1.54, 1.807) is 9.47 Å². The smallest absolute Gasteiger partial charge is 0.419 e. The van der Waals surface area contributed by atoms with Crippen LogP contribution in [-0.4, -0.2) is 44.0 Å². The van der Waals surface area contributed by atoms with Gasteiger partial charge in [-0.05, 0) is 82.0 Å². The molecule has 1 amide bonds. The third-order valence-electron chi connectivity index (χ3n) is 7.38.